The molecule has 0 saturated carbocycles. The maximum Gasteiger partial charge on any atom is 0.153 e. The second kappa shape index (κ2) is 3.56. The van der Waals surface area contributed by atoms with Crippen molar-refractivity contribution in [1.82, 2.24) is 4.57 Å². The molecule has 0 amide bonds. The molecule has 2 rings (SSSR count). The van der Waals surface area contributed by atoms with Gasteiger partial charge in [0.05, 0.1) is 5.35 Å². The van der Waals surface area contributed by atoms with Gasteiger partial charge in [-0.05, 0) is 0 Å². The summed E-state index contributed by atoms with van der Waals surface area (Å²) < 4.78 is 1.78. The lowest BCUT2D eigenvalue weighted by molar-refractivity contribution is 0.867. The molecule has 3 nitrogen and oxygen atoms in total. The molecule has 0 aliphatic heterocycles. The van der Waals surface area contributed by atoms with Gasteiger partial charge in [0, 0.05) is 23.2 Å². The van der Waals surface area contributed by atoms with Gasteiger partial charge in [-0.3, -0.25) is 0 Å². The van der Waals surface area contributed by atoms with Gasteiger partial charge >= 0.3 is 0 Å². The molecule has 0 saturated heterocycles. The van der Waals surface area contributed by atoms with Gasteiger partial charge in [0.15, 0.2) is 5.57 Å². The average Bonchev–Trinajstić information content (AvgIpc) is 2.57. The number of nitriles is 2. The Morgan fingerprint density at radius 2 is 1.75 bits per heavy atom. The minimum absolute atomic E-state index is 0.119. The largest absolute Gasteiger partial charge is 0.342 e. The lowest BCUT2D eigenvalue weighted by atomic mass is 10.1. The lowest BCUT2D eigenvalue weighted by Gasteiger charge is -1.91. The zero-order chi connectivity index (χ0) is 11.7. The first-order valence-electron chi connectivity index (χ1n) is 4.77. The van der Waals surface area contributed by atoms with Crippen molar-refractivity contribution in [3.8, 4) is 12.1 Å². The van der Waals surface area contributed by atoms with Crippen molar-refractivity contribution >= 4 is 22.9 Å². The summed E-state index contributed by atoms with van der Waals surface area (Å²) in [6, 6.07) is 11.5. The predicted octanol–water partition coefficient (Wildman–Crippen LogP) is 0.786. The van der Waals surface area contributed by atoms with Crippen LogP contribution in [0.3, 0.4) is 0 Å². The van der Waals surface area contributed by atoms with E-state index in [2.05, 4.69) is 6.58 Å². The van der Waals surface area contributed by atoms with Gasteiger partial charge in [-0.15, -0.1) is 0 Å². The molecule has 0 unspecified atom stereocenters. The van der Waals surface area contributed by atoms with Gasteiger partial charge in [0.1, 0.15) is 12.1 Å². The number of rotatable bonds is 0. The molecule has 0 spiro atoms. The number of hydrogen-bond donors (Lipinski definition) is 0. The Morgan fingerprint density at radius 1 is 1.19 bits per heavy atom. The monoisotopic (exact) mass is 207 g/mol. The molecule has 1 aromatic carbocycles. The predicted molar refractivity (Wildman–Crippen MR) is 62.3 cm³/mol. The maximum atomic E-state index is 8.93. The van der Waals surface area contributed by atoms with Crippen LogP contribution in [-0.4, -0.2) is 4.57 Å². The highest BCUT2D eigenvalue weighted by Gasteiger charge is 2.06. The number of benzene rings is 1. The fourth-order valence-corrected chi connectivity index (χ4v) is 1.87. The summed E-state index contributed by atoms with van der Waals surface area (Å²) in [4.78, 5) is 0. The van der Waals surface area contributed by atoms with Crippen molar-refractivity contribution in [1.29, 1.82) is 10.5 Å². The average molecular weight is 207 g/mol. The zero-order valence-electron chi connectivity index (χ0n) is 8.86. The van der Waals surface area contributed by atoms with Crippen LogP contribution in [0.15, 0.2) is 24.3 Å². The van der Waals surface area contributed by atoms with E-state index in [1.54, 1.807) is 4.57 Å². The second-order valence-corrected chi connectivity index (χ2v) is 3.50. The summed E-state index contributed by atoms with van der Waals surface area (Å²) in [6.07, 6.45) is 0. The molecule has 3 heteroatoms. The molecule has 1 heterocycles. The molecule has 16 heavy (non-hydrogen) atoms. The molecular weight excluding hydrogens is 198 g/mol. The van der Waals surface area contributed by atoms with E-state index in [0.717, 1.165) is 16.1 Å². The van der Waals surface area contributed by atoms with E-state index in [9.17, 15) is 0 Å². The van der Waals surface area contributed by atoms with Crippen molar-refractivity contribution in [2.24, 2.45) is 7.05 Å². The molecule has 0 atom stereocenters. The van der Waals surface area contributed by atoms with Gasteiger partial charge in [-0.25, -0.2) is 0 Å². The van der Waals surface area contributed by atoms with Crippen LogP contribution in [0.4, 0.5) is 0 Å². The van der Waals surface area contributed by atoms with Crippen molar-refractivity contribution in [2.75, 3.05) is 0 Å². The number of aromatic nitrogens is 1. The van der Waals surface area contributed by atoms with Gasteiger partial charge in [0.25, 0.3) is 0 Å². The first-order valence-corrected chi connectivity index (χ1v) is 4.77. The third kappa shape index (κ3) is 1.20. The van der Waals surface area contributed by atoms with E-state index < -0.39 is 0 Å². The highest BCUT2D eigenvalue weighted by Crippen LogP contribution is 2.05. The Balaban J connectivity index is 3.23. The van der Waals surface area contributed by atoms with Crippen LogP contribution in [0.2, 0.25) is 0 Å². The van der Waals surface area contributed by atoms with Crippen molar-refractivity contribution in [3.05, 3.63) is 35.0 Å². The van der Waals surface area contributed by atoms with Crippen LogP contribution in [0, 0.1) is 22.7 Å². The standard InChI is InChI=1S/C13H9N3/c1-9-11-5-3-4-6-12(11)13(16(9)2)10(7-14)8-15/h3-6H,1H2,2H3. The summed E-state index contributed by atoms with van der Waals surface area (Å²) >= 11 is 0. The SMILES string of the molecule is C=c1c2ccccc2c(=C(C#N)C#N)n1C. The Hall–Kier alpha value is -2.52. The molecule has 0 radical (unpaired) electrons. The Bertz CT molecular complexity index is 735. The first-order chi connectivity index (χ1) is 7.70. The van der Waals surface area contributed by atoms with E-state index in [0.29, 0.717) is 5.35 Å². The molecule has 0 aliphatic carbocycles. The third-order valence-electron chi connectivity index (χ3n) is 2.69. The van der Waals surface area contributed by atoms with E-state index in [1.807, 2.05) is 43.5 Å². The fourth-order valence-electron chi connectivity index (χ4n) is 1.87. The maximum absolute atomic E-state index is 8.93. The number of hydrogen-bond acceptors (Lipinski definition) is 2. The summed E-state index contributed by atoms with van der Waals surface area (Å²) in [5.74, 6) is 0. The van der Waals surface area contributed by atoms with E-state index in [-0.39, 0.29) is 5.57 Å². The molecule has 0 fully saturated rings. The van der Waals surface area contributed by atoms with Crippen molar-refractivity contribution in [2.45, 2.75) is 0 Å². The Labute approximate surface area is 92.8 Å². The smallest absolute Gasteiger partial charge is 0.153 e. The van der Waals surface area contributed by atoms with Gasteiger partial charge in [-0.1, -0.05) is 30.8 Å². The van der Waals surface area contributed by atoms with Crippen molar-refractivity contribution in [3.63, 3.8) is 0 Å². The molecule has 2 aromatic rings. The lowest BCUT2D eigenvalue weighted by Crippen LogP contribution is -2.23. The Morgan fingerprint density at radius 3 is 2.31 bits per heavy atom. The zero-order valence-corrected chi connectivity index (χ0v) is 8.86. The number of fused-ring (bicyclic) bond motifs is 1. The quantitative estimate of drug-likeness (QED) is 0.641. The number of nitrogens with zero attached hydrogens (tertiary/aromatic N) is 3. The van der Waals surface area contributed by atoms with Crippen molar-refractivity contribution < 1.29 is 0 Å². The highest BCUT2D eigenvalue weighted by atomic mass is 14.9. The van der Waals surface area contributed by atoms with Crippen LogP contribution in [0.5, 0.6) is 0 Å². The second-order valence-electron chi connectivity index (χ2n) is 3.50. The summed E-state index contributed by atoms with van der Waals surface area (Å²) in [7, 11) is 1.81. The molecular formula is C13H9N3. The molecule has 0 bridgehead atoms. The first kappa shape index (κ1) is 10.0. The topological polar surface area (TPSA) is 52.5 Å². The van der Waals surface area contributed by atoms with Gasteiger partial charge < -0.3 is 4.57 Å². The minimum Gasteiger partial charge on any atom is -0.342 e. The molecule has 1 aromatic heterocycles. The van der Waals surface area contributed by atoms with Gasteiger partial charge in [-0.2, -0.15) is 10.5 Å². The minimum atomic E-state index is 0.119. The van der Waals surface area contributed by atoms with E-state index >= 15 is 0 Å². The Kier molecular flexibility index (Phi) is 2.23. The summed E-state index contributed by atoms with van der Waals surface area (Å²) in [5.41, 5.74) is 0.119. The molecule has 0 N–H and O–H groups in total. The highest BCUT2D eigenvalue weighted by molar-refractivity contribution is 5.88. The fraction of sp³-hybridized carbons (Fsp3) is 0.0769. The molecule has 76 valence electrons. The van der Waals surface area contributed by atoms with Crippen LogP contribution >= 0.6 is 0 Å². The normalized spacial score (nSPS) is 9.69. The van der Waals surface area contributed by atoms with Gasteiger partial charge in [0.2, 0.25) is 0 Å². The van der Waals surface area contributed by atoms with Crippen LogP contribution in [0.1, 0.15) is 0 Å². The van der Waals surface area contributed by atoms with Crippen LogP contribution in [0.25, 0.3) is 22.9 Å². The van der Waals surface area contributed by atoms with E-state index in [1.165, 1.54) is 0 Å². The summed E-state index contributed by atoms with van der Waals surface area (Å²) in [6.45, 7) is 3.95. The van der Waals surface area contributed by atoms with Crippen LogP contribution < -0.4 is 10.7 Å². The summed E-state index contributed by atoms with van der Waals surface area (Å²) in [5, 5.41) is 21.2. The molecule has 0 aliphatic rings. The van der Waals surface area contributed by atoms with E-state index in [4.69, 9.17) is 10.5 Å². The van der Waals surface area contributed by atoms with Crippen LogP contribution in [-0.2, 0) is 7.05 Å². The third-order valence-corrected chi connectivity index (χ3v) is 2.69.